The maximum atomic E-state index is 12.2. The molecule has 2 aromatic carbocycles. The molecule has 2 atom stereocenters. The van der Waals surface area contributed by atoms with Gasteiger partial charge in [-0.3, -0.25) is 4.99 Å². The maximum absolute atomic E-state index is 12.2. The lowest BCUT2D eigenvalue weighted by molar-refractivity contribution is -0.0661. The van der Waals surface area contributed by atoms with Crippen molar-refractivity contribution in [1.29, 1.82) is 0 Å². The molecule has 0 saturated carbocycles. The first-order chi connectivity index (χ1) is 16.8. The summed E-state index contributed by atoms with van der Waals surface area (Å²) in [4.78, 5) is 4.69. The second kappa shape index (κ2) is 13.1. The molecule has 0 saturated heterocycles. The SMILES string of the molecule is CC.CC.COc1cccc2c1C(CC(O)(CC1=c3ccccc3=NCC=C1)C(C)(C)C)CCC2. The van der Waals surface area contributed by atoms with Crippen LogP contribution >= 0.6 is 0 Å². The van der Waals surface area contributed by atoms with Crippen molar-refractivity contribution in [2.45, 2.75) is 92.1 Å². The number of methoxy groups -OCH3 is 1. The fourth-order valence-corrected chi connectivity index (χ4v) is 5.18. The third-order valence-electron chi connectivity index (χ3n) is 7.18. The zero-order valence-corrected chi connectivity index (χ0v) is 23.3. The third kappa shape index (κ3) is 6.64. The van der Waals surface area contributed by atoms with Crippen LogP contribution in [0.5, 0.6) is 5.75 Å². The van der Waals surface area contributed by atoms with E-state index in [0.29, 0.717) is 18.9 Å². The Balaban J connectivity index is 0.00000103. The van der Waals surface area contributed by atoms with Gasteiger partial charge in [0.2, 0.25) is 0 Å². The third-order valence-corrected chi connectivity index (χ3v) is 7.18. The van der Waals surface area contributed by atoms with E-state index in [9.17, 15) is 5.11 Å². The summed E-state index contributed by atoms with van der Waals surface area (Å²) in [5.74, 6) is 1.25. The van der Waals surface area contributed by atoms with E-state index in [0.717, 1.165) is 42.0 Å². The summed E-state index contributed by atoms with van der Waals surface area (Å²) in [6.45, 7) is 15.2. The number of benzene rings is 2. The Morgan fingerprint density at radius 1 is 1.00 bits per heavy atom. The number of allylic oxidation sites excluding steroid dienone is 1. The van der Waals surface area contributed by atoms with E-state index < -0.39 is 5.60 Å². The van der Waals surface area contributed by atoms with Crippen LogP contribution in [0.15, 0.2) is 59.6 Å². The molecule has 0 radical (unpaired) electrons. The van der Waals surface area contributed by atoms with E-state index in [4.69, 9.17) is 9.73 Å². The normalized spacial score (nSPS) is 18.2. The van der Waals surface area contributed by atoms with Crippen molar-refractivity contribution in [3.05, 3.63) is 76.3 Å². The quantitative estimate of drug-likeness (QED) is 0.516. The molecular formula is C32H47NO2. The molecule has 192 valence electrons. The Kier molecular flexibility index (Phi) is 10.8. The van der Waals surface area contributed by atoms with Crippen LogP contribution in [0.4, 0.5) is 0 Å². The summed E-state index contributed by atoms with van der Waals surface area (Å²) in [7, 11) is 1.75. The Morgan fingerprint density at radius 2 is 1.71 bits per heavy atom. The fraction of sp³-hybridized carbons (Fsp3) is 0.531. The predicted octanol–water partition coefficient (Wildman–Crippen LogP) is 6.77. The minimum Gasteiger partial charge on any atom is -0.496 e. The molecular weight excluding hydrogens is 430 g/mol. The number of nitrogens with zero attached hydrogens (tertiary/aromatic N) is 1. The summed E-state index contributed by atoms with van der Waals surface area (Å²) >= 11 is 0. The Hall–Kier alpha value is -2.39. The van der Waals surface area contributed by atoms with Gasteiger partial charge in [-0.2, -0.15) is 0 Å². The van der Waals surface area contributed by atoms with Crippen LogP contribution in [0.1, 0.15) is 91.2 Å². The molecule has 4 rings (SSSR count). The topological polar surface area (TPSA) is 41.8 Å². The van der Waals surface area contributed by atoms with Crippen LogP contribution in [0.25, 0.3) is 5.57 Å². The van der Waals surface area contributed by atoms with Crippen molar-refractivity contribution in [3.63, 3.8) is 0 Å². The highest BCUT2D eigenvalue weighted by Gasteiger charge is 2.43. The molecule has 2 unspecified atom stereocenters. The molecule has 2 aliphatic rings. The van der Waals surface area contributed by atoms with E-state index >= 15 is 0 Å². The van der Waals surface area contributed by atoms with Crippen molar-refractivity contribution < 1.29 is 9.84 Å². The zero-order chi connectivity index (χ0) is 26.1. The first-order valence-corrected chi connectivity index (χ1v) is 13.5. The highest BCUT2D eigenvalue weighted by atomic mass is 16.5. The van der Waals surface area contributed by atoms with Gasteiger partial charge in [-0.25, -0.2) is 0 Å². The molecule has 0 bridgehead atoms. The van der Waals surface area contributed by atoms with Crippen molar-refractivity contribution >= 4 is 5.57 Å². The minimum atomic E-state index is -0.857. The Morgan fingerprint density at radius 3 is 2.40 bits per heavy atom. The number of aliphatic hydroxyl groups is 1. The molecule has 1 aliphatic heterocycles. The number of hydrogen-bond acceptors (Lipinski definition) is 3. The van der Waals surface area contributed by atoms with Gasteiger partial charge in [-0.15, -0.1) is 0 Å². The molecule has 1 N–H and O–H groups in total. The first kappa shape index (κ1) is 28.8. The maximum Gasteiger partial charge on any atom is 0.122 e. The van der Waals surface area contributed by atoms with Gasteiger partial charge >= 0.3 is 0 Å². The van der Waals surface area contributed by atoms with Crippen LogP contribution in [0.3, 0.4) is 0 Å². The molecule has 3 nitrogen and oxygen atoms in total. The number of fused-ring (bicyclic) bond motifs is 2. The van der Waals surface area contributed by atoms with Gasteiger partial charge < -0.3 is 9.84 Å². The lowest BCUT2D eigenvalue weighted by Gasteiger charge is -2.44. The molecule has 0 amide bonds. The number of hydrogen-bond donors (Lipinski definition) is 1. The van der Waals surface area contributed by atoms with Crippen LogP contribution < -0.4 is 15.3 Å². The van der Waals surface area contributed by atoms with Gasteiger partial charge in [0, 0.05) is 17.2 Å². The summed E-state index contributed by atoms with van der Waals surface area (Å²) in [6, 6.07) is 14.7. The summed E-state index contributed by atoms with van der Waals surface area (Å²) < 4.78 is 5.75. The number of ether oxygens (including phenoxy) is 1. The largest absolute Gasteiger partial charge is 0.496 e. The summed E-state index contributed by atoms with van der Waals surface area (Å²) in [5.41, 5.74) is 2.72. The van der Waals surface area contributed by atoms with Gasteiger partial charge in [0.05, 0.1) is 24.6 Å². The van der Waals surface area contributed by atoms with Crippen molar-refractivity contribution in [1.82, 2.24) is 0 Å². The molecule has 2 aromatic rings. The van der Waals surface area contributed by atoms with Crippen LogP contribution in [0.2, 0.25) is 0 Å². The second-order valence-corrected chi connectivity index (χ2v) is 10.1. The van der Waals surface area contributed by atoms with Crippen molar-refractivity contribution in [2.24, 2.45) is 10.4 Å². The molecule has 0 spiro atoms. The van der Waals surface area contributed by atoms with E-state index in [1.54, 1.807) is 7.11 Å². The number of rotatable bonds is 5. The smallest absolute Gasteiger partial charge is 0.122 e. The van der Waals surface area contributed by atoms with Gasteiger partial charge in [0.1, 0.15) is 5.75 Å². The second-order valence-electron chi connectivity index (χ2n) is 10.1. The van der Waals surface area contributed by atoms with Crippen LogP contribution in [-0.2, 0) is 6.42 Å². The lowest BCUT2D eigenvalue weighted by atomic mass is 9.65. The zero-order valence-electron chi connectivity index (χ0n) is 23.3. The van der Waals surface area contributed by atoms with Gasteiger partial charge in [-0.05, 0) is 60.3 Å². The van der Waals surface area contributed by atoms with E-state index in [1.807, 2.05) is 33.8 Å². The molecule has 3 heteroatoms. The van der Waals surface area contributed by atoms with Crippen LogP contribution in [0, 0.1) is 5.41 Å². The summed E-state index contributed by atoms with van der Waals surface area (Å²) in [5, 5.41) is 14.4. The average Bonchev–Trinajstić information content (AvgIpc) is 3.07. The standard InChI is InChI=1S/C28H35NO2.2C2H6/c1-27(2,3)28(30,18-21-13-9-17-29-24-15-6-5-14-23(21)24)19-22-12-7-10-20-11-8-16-25(31-4)26(20)22;2*1-2/h5-6,8-9,11,13-16,22,30H,7,10,12,17-19H2,1-4H3;2*1-2H3. The summed E-state index contributed by atoms with van der Waals surface area (Å²) in [6.07, 6.45) is 8.94. The van der Waals surface area contributed by atoms with E-state index in [-0.39, 0.29) is 5.41 Å². The van der Waals surface area contributed by atoms with Crippen molar-refractivity contribution in [3.8, 4) is 5.75 Å². The Labute approximate surface area is 213 Å². The van der Waals surface area contributed by atoms with Gasteiger partial charge in [0.25, 0.3) is 0 Å². The molecule has 0 aromatic heterocycles. The molecule has 35 heavy (non-hydrogen) atoms. The average molecular weight is 478 g/mol. The van der Waals surface area contributed by atoms with Gasteiger partial charge in [0.15, 0.2) is 0 Å². The van der Waals surface area contributed by atoms with E-state index in [2.05, 4.69) is 69.3 Å². The Bertz CT molecular complexity index is 1080. The van der Waals surface area contributed by atoms with Crippen molar-refractivity contribution in [2.75, 3.05) is 13.7 Å². The van der Waals surface area contributed by atoms with Gasteiger partial charge in [-0.1, -0.05) is 91.0 Å². The number of para-hydroxylation sites is 1. The van der Waals surface area contributed by atoms with Crippen LogP contribution in [-0.4, -0.2) is 24.4 Å². The molecule has 0 fully saturated rings. The minimum absolute atomic E-state index is 0.272. The number of aryl methyl sites for hydroxylation is 1. The lowest BCUT2D eigenvalue weighted by Crippen LogP contribution is -2.45. The fourth-order valence-electron chi connectivity index (χ4n) is 5.18. The predicted molar refractivity (Wildman–Crippen MR) is 150 cm³/mol. The molecule has 1 heterocycles. The first-order valence-electron chi connectivity index (χ1n) is 13.5. The molecule has 1 aliphatic carbocycles. The highest BCUT2D eigenvalue weighted by molar-refractivity contribution is 5.58. The van der Waals surface area contributed by atoms with E-state index in [1.165, 1.54) is 16.7 Å². The highest BCUT2D eigenvalue weighted by Crippen LogP contribution is 2.48. The monoisotopic (exact) mass is 477 g/mol.